The van der Waals surface area contributed by atoms with Crippen molar-refractivity contribution in [3.8, 4) is 45.3 Å². The number of hydrogen-bond acceptors (Lipinski definition) is 6. The third-order valence-corrected chi connectivity index (χ3v) is 15.9. The fraction of sp³-hybridized carbons (Fsp3) is 0.107. The highest BCUT2D eigenvalue weighted by Gasteiger charge is 2.54. The van der Waals surface area contributed by atoms with Crippen molar-refractivity contribution in [2.75, 3.05) is 0 Å². The Labute approximate surface area is 369 Å². The van der Waals surface area contributed by atoms with Crippen LogP contribution in [0.15, 0.2) is 209 Å². The highest BCUT2D eigenvalue weighted by atomic mass is 32.2. The van der Waals surface area contributed by atoms with Gasteiger partial charge in [-0.15, -0.1) is 23.1 Å². The molecule has 0 saturated heterocycles. The SMILES string of the molecule is CC1C2=C(C=CC1c1ccccc1)N=C(c1ccc(-c3nc(-c4ccccc4)nc(-c4cccc(-c5cccc6c5sc5ccccc56)c4)n3)cc1)C1Sc3ccccc3C21C. The molecule has 0 amide bonds. The molecule has 4 heterocycles. The van der Waals surface area contributed by atoms with Gasteiger partial charge in [-0.1, -0.05) is 178 Å². The standard InChI is InChI=1S/C56H40N4S2/c1-34-41(35-15-5-3-6-16-35)31-32-46-49(34)56(2)45-24-10-12-26-48(45)62-52(56)50(57-46)36-27-29-38(30-28-36)54-58-53(37-17-7-4-8-18-37)59-55(60-54)40-20-13-19-39(33-40)42-22-14-23-44-43-21-9-11-25-47(43)61-51(42)44/h3-34,41,52H,1-2H3. The first kappa shape index (κ1) is 37.1. The number of aliphatic imine (C=N–C) groups is 1. The number of thioether (sulfide) groups is 1. The van der Waals surface area contributed by atoms with E-state index in [4.69, 9.17) is 19.9 Å². The molecule has 1 aliphatic carbocycles. The van der Waals surface area contributed by atoms with Crippen LogP contribution in [-0.4, -0.2) is 25.9 Å². The Morgan fingerprint density at radius 3 is 1.97 bits per heavy atom. The van der Waals surface area contributed by atoms with E-state index in [1.54, 1.807) is 0 Å². The van der Waals surface area contributed by atoms with Crippen molar-refractivity contribution >= 4 is 49.0 Å². The summed E-state index contributed by atoms with van der Waals surface area (Å²) in [5, 5.41) is 2.71. The molecule has 2 aromatic heterocycles. The van der Waals surface area contributed by atoms with Gasteiger partial charge in [0.2, 0.25) is 0 Å². The van der Waals surface area contributed by atoms with E-state index in [1.165, 1.54) is 47.3 Å². The van der Waals surface area contributed by atoms with Crippen LogP contribution in [0.5, 0.6) is 0 Å². The Bertz CT molecular complexity index is 3310. The fourth-order valence-corrected chi connectivity index (χ4v) is 13.0. The average molecular weight is 833 g/mol. The maximum atomic E-state index is 5.55. The first-order valence-corrected chi connectivity index (χ1v) is 23.0. The smallest absolute Gasteiger partial charge is 0.164 e. The summed E-state index contributed by atoms with van der Waals surface area (Å²) < 4.78 is 2.58. The zero-order chi connectivity index (χ0) is 41.4. The molecular weight excluding hydrogens is 793 g/mol. The van der Waals surface area contributed by atoms with Gasteiger partial charge in [0.1, 0.15) is 0 Å². The van der Waals surface area contributed by atoms with Gasteiger partial charge in [-0.3, -0.25) is 4.99 Å². The van der Waals surface area contributed by atoms with Crippen LogP contribution < -0.4 is 0 Å². The Kier molecular flexibility index (Phi) is 8.80. The normalized spacial score (nSPS) is 20.2. The van der Waals surface area contributed by atoms with Gasteiger partial charge in [-0.05, 0) is 63.6 Å². The van der Waals surface area contributed by atoms with Gasteiger partial charge in [0.05, 0.1) is 16.7 Å². The van der Waals surface area contributed by atoms with E-state index in [0.29, 0.717) is 29.3 Å². The van der Waals surface area contributed by atoms with Gasteiger partial charge in [-0.25, -0.2) is 15.0 Å². The zero-order valence-corrected chi connectivity index (χ0v) is 35.9. The minimum atomic E-state index is -0.214. The molecule has 0 spiro atoms. The highest BCUT2D eigenvalue weighted by molar-refractivity contribution is 8.01. The summed E-state index contributed by atoms with van der Waals surface area (Å²) in [6.45, 7) is 4.86. The first-order valence-electron chi connectivity index (χ1n) is 21.3. The molecule has 4 unspecified atom stereocenters. The number of aromatic nitrogens is 3. The number of nitrogens with zero attached hydrogens (tertiary/aromatic N) is 4. The van der Waals surface area contributed by atoms with Crippen molar-refractivity contribution in [3.63, 3.8) is 0 Å². The minimum absolute atomic E-state index is 0.133. The van der Waals surface area contributed by atoms with Crippen LogP contribution in [0.2, 0.25) is 0 Å². The molecule has 0 N–H and O–H groups in total. The summed E-state index contributed by atoms with van der Waals surface area (Å²) in [7, 11) is 0. The van der Waals surface area contributed by atoms with E-state index < -0.39 is 0 Å². The fourth-order valence-electron chi connectivity index (χ4n) is 10.1. The van der Waals surface area contributed by atoms with E-state index in [2.05, 4.69) is 184 Å². The minimum Gasteiger partial charge on any atom is -0.252 e. The summed E-state index contributed by atoms with van der Waals surface area (Å²) in [5.74, 6) is 2.52. The van der Waals surface area contributed by atoms with E-state index in [9.17, 15) is 0 Å². The molecule has 4 nitrogen and oxygen atoms in total. The van der Waals surface area contributed by atoms with Crippen LogP contribution in [0.3, 0.4) is 0 Å². The van der Waals surface area contributed by atoms with Crippen LogP contribution in [-0.2, 0) is 5.41 Å². The lowest BCUT2D eigenvalue weighted by Gasteiger charge is -2.45. The van der Waals surface area contributed by atoms with Crippen molar-refractivity contribution in [1.29, 1.82) is 0 Å². The van der Waals surface area contributed by atoms with E-state index in [0.717, 1.165) is 39.2 Å². The summed E-state index contributed by atoms with van der Waals surface area (Å²) in [5.41, 5.74) is 12.5. The summed E-state index contributed by atoms with van der Waals surface area (Å²) in [4.78, 5) is 22.3. The van der Waals surface area contributed by atoms with Crippen molar-refractivity contribution in [1.82, 2.24) is 15.0 Å². The van der Waals surface area contributed by atoms with Crippen LogP contribution in [0.1, 0.15) is 36.5 Å². The van der Waals surface area contributed by atoms with Crippen molar-refractivity contribution in [2.24, 2.45) is 10.9 Å². The number of fused-ring (bicyclic) bond motifs is 7. The molecule has 3 aliphatic rings. The van der Waals surface area contributed by atoms with Gasteiger partial charge in [-0.2, -0.15) is 0 Å². The predicted octanol–water partition coefficient (Wildman–Crippen LogP) is 14.4. The Balaban J connectivity index is 0.940. The van der Waals surface area contributed by atoms with Gasteiger partial charge in [0.25, 0.3) is 0 Å². The number of rotatable bonds is 6. The Morgan fingerprint density at radius 1 is 0.548 bits per heavy atom. The molecule has 6 heteroatoms. The number of hydrogen-bond donors (Lipinski definition) is 0. The monoisotopic (exact) mass is 832 g/mol. The molecule has 12 rings (SSSR count). The van der Waals surface area contributed by atoms with Crippen molar-refractivity contribution in [3.05, 3.63) is 216 Å². The van der Waals surface area contributed by atoms with E-state index >= 15 is 0 Å². The van der Waals surface area contributed by atoms with Gasteiger partial charge in [0.15, 0.2) is 17.5 Å². The molecule has 7 aromatic carbocycles. The molecule has 0 saturated carbocycles. The van der Waals surface area contributed by atoms with Crippen molar-refractivity contribution in [2.45, 2.75) is 35.3 Å². The first-order chi connectivity index (χ1) is 30.5. The summed E-state index contributed by atoms with van der Waals surface area (Å²) >= 11 is 3.80. The Hall–Kier alpha value is -6.73. The van der Waals surface area contributed by atoms with Crippen LogP contribution in [0, 0.1) is 5.92 Å². The average Bonchev–Trinajstić information content (AvgIpc) is 3.87. The van der Waals surface area contributed by atoms with Gasteiger partial charge in [0, 0.05) is 53.1 Å². The molecule has 0 bridgehead atoms. The molecule has 4 atom stereocenters. The highest BCUT2D eigenvalue weighted by Crippen LogP contribution is 2.60. The maximum absolute atomic E-state index is 5.55. The van der Waals surface area contributed by atoms with Crippen LogP contribution in [0.25, 0.3) is 65.5 Å². The maximum Gasteiger partial charge on any atom is 0.164 e. The van der Waals surface area contributed by atoms with Gasteiger partial charge >= 0.3 is 0 Å². The van der Waals surface area contributed by atoms with Crippen LogP contribution in [0.4, 0.5) is 0 Å². The molecule has 9 aromatic rings. The second-order valence-corrected chi connectivity index (χ2v) is 18.9. The number of allylic oxidation sites excluding steroid dienone is 3. The molecule has 296 valence electrons. The molecular formula is C56H40N4S2. The number of benzene rings is 7. The second-order valence-electron chi connectivity index (χ2n) is 16.7. The molecule has 0 radical (unpaired) electrons. The lowest BCUT2D eigenvalue weighted by Crippen LogP contribution is -2.45. The topological polar surface area (TPSA) is 51.0 Å². The van der Waals surface area contributed by atoms with E-state index in [1.807, 2.05) is 41.3 Å². The largest absolute Gasteiger partial charge is 0.252 e. The molecule has 0 fully saturated rings. The number of thiophene rings is 1. The Morgan fingerprint density at radius 2 is 1.16 bits per heavy atom. The zero-order valence-electron chi connectivity index (χ0n) is 34.2. The van der Waals surface area contributed by atoms with E-state index in [-0.39, 0.29) is 10.7 Å². The quantitative estimate of drug-likeness (QED) is 0.167. The third-order valence-electron chi connectivity index (χ3n) is 13.1. The molecule has 2 aliphatic heterocycles. The van der Waals surface area contributed by atoms with Crippen molar-refractivity contribution < 1.29 is 0 Å². The van der Waals surface area contributed by atoms with Gasteiger partial charge < -0.3 is 0 Å². The van der Waals surface area contributed by atoms with Crippen LogP contribution >= 0.6 is 23.1 Å². The summed E-state index contributed by atoms with van der Waals surface area (Å²) in [6.07, 6.45) is 4.65. The molecule has 62 heavy (non-hydrogen) atoms. The summed E-state index contributed by atoms with van der Waals surface area (Å²) in [6, 6.07) is 62.7. The predicted molar refractivity (Wildman–Crippen MR) is 259 cm³/mol. The second kappa shape index (κ2) is 14.7. The lowest BCUT2D eigenvalue weighted by molar-refractivity contribution is 0.459. The lowest BCUT2D eigenvalue weighted by atomic mass is 9.61. The third kappa shape index (κ3) is 5.96.